The Balaban J connectivity index is 2.10. The van der Waals surface area contributed by atoms with E-state index in [1.165, 1.54) is 18.0 Å². The summed E-state index contributed by atoms with van der Waals surface area (Å²) >= 11 is 7.33. The zero-order valence-electron chi connectivity index (χ0n) is 11.3. The molecule has 1 aliphatic carbocycles. The first-order chi connectivity index (χ1) is 9.61. The van der Waals surface area contributed by atoms with Gasteiger partial charge in [-0.05, 0) is 19.1 Å². The van der Waals surface area contributed by atoms with E-state index in [9.17, 15) is 9.90 Å². The molecule has 1 amide bonds. The number of nitrogens with one attached hydrogen (secondary N) is 1. The SMILES string of the molecule is CSc1ncc(Cl)c(C(=O)NC2CCCCCC2O)n1. The zero-order chi connectivity index (χ0) is 14.5. The molecule has 0 aliphatic heterocycles. The lowest BCUT2D eigenvalue weighted by Crippen LogP contribution is -2.43. The smallest absolute Gasteiger partial charge is 0.271 e. The summed E-state index contributed by atoms with van der Waals surface area (Å²) in [4.78, 5) is 20.4. The largest absolute Gasteiger partial charge is 0.391 e. The molecular weight excluding hydrogens is 298 g/mol. The van der Waals surface area contributed by atoms with Crippen LogP contribution in [0.25, 0.3) is 0 Å². The Bertz CT molecular complexity index is 487. The molecule has 20 heavy (non-hydrogen) atoms. The highest BCUT2D eigenvalue weighted by molar-refractivity contribution is 7.98. The molecule has 1 aromatic heterocycles. The maximum absolute atomic E-state index is 12.3. The van der Waals surface area contributed by atoms with E-state index in [0.717, 1.165) is 32.1 Å². The normalized spacial score (nSPS) is 23.1. The van der Waals surface area contributed by atoms with E-state index in [2.05, 4.69) is 15.3 Å². The number of carbonyl (C=O) groups is 1. The van der Waals surface area contributed by atoms with Gasteiger partial charge < -0.3 is 10.4 Å². The van der Waals surface area contributed by atoms with Gasteiger partial charge in [-0.25, -0.2) is 9.97 Å². The van der Waals surface area contributed by atoms with Crippen molar-refractivity contribution in [3.8, 4) is 0 Å². The quantitative estimate of drug-likeness (QED) is 0.508. The van der Waals surface area contributed by atoms with E-state index in [0.29, 0.717) is 5.16 Å². The van der Waals surface area contributed by atoms with E-state index >= 15 is 0 Å². The predicted octanol–water partition coefficient (Wildman–Crippen LogP) is 2.28. The second kappa shape index (κ2) is 7.24. The molecule has 0 radical (unpaired) electrons. The number of hydrogen-bond donors (Lipinski definition) is 2. The Morgan fingerprint density at radius 2 is 2.20 bits per heavy atom. The molecule has 1 aliphatic rings. The summed E-state index contributed by atoms with van der Waals surface area (Å²) in [6, 6.07) is -0.228. The van der Waals surface area contributed by atoms with Gasteiger partial charge in [0.1, 0.15) is 0 Å². The zero-order valence-corrected chi connectivity index (χ0v) is 12.9. The van der Waals surface area contributed by atoms with Gasteiger partial charge in [-0.3, -0.25) is 4.79 Å². The molecule has 0 spiro atoms. The maximum atomic E-state index is 12.3. The minimum Gasteiger partial charge on any atom is -0.391 e. The molecule has 2 rings (SSSR count). The van der Waals surface area contributed by atoms with Crippen LogP contribution in [0.15, 0.2) is 11.4 Å². The summed E-state index contributed by atoms with van der Waals surface area (Å²) in [5.74, 6) is -0.348. The van der Waals surface area contributed by atoms with Crippen LogP contribution in [0.2, 0.25) is 5.02 Å². The first-order valence-electron chi connectivity index (χ1n) is 6.67. The third-order valence-electron chi connectivity index (χ3n) is 3.42. The lowest BCUT2D eigenvalue weighted by molar-refractivity contribution is 0.0813. The van der Waals surface area contributed by atoms with Crippen molar-refractivity contribution < 1.29 is 9.90 Å². The van der Waals surface area contributed by atoms with Crippen molar-refractivity contribution in [2.45, 2.75) is 49.4 Å². The van der Waals surface area contributed by atoms with Crippen molar-refractivity contribution in [2.24, 2.45) is 0 Å². The van der Waals surface area contributed by atoms with Crippen LogP contribution in [0.3, 0.4) is 0 Å². The molecule has 7 heteroatoms. The number of amides is 1. The molecule has 1 fully saturated rings. The van der Waals surface area contributed by atoms with Gasteiger partial charge >= 0.3 is 0 Å². The summed E-state index contributed by atoms with van der Waals surface area (Å²) in [6.07, 6.45) is 7.37. The minimum atomic E-state index is -0.498. The molecule has 1 aromatic rings. The Hall–Kier alpha value is -0.850. The third-order valence-corrected chi connectivity index (χ3v) is 4.25. The molecule has 1 saturated carbocycles. The average Bonchev–Trinajstić information content (AvgIpc) is 2.64. The molecule has 2 atom stereocenters. The van der Waals surface area contributed by atoms with Crippen molar-refractivity contribution in [3.63, 3.8) is 0 Å². The minimum absolute atomic E-state index is 0.169. The summed E-state index contributed by atoms with van der Waals surface area (Å²) in [6.45, 7) is 0. The molecule has 110 valence electrons. The van der Waals surface area contributed by atoms with Crippen LogP contribution in [-0.2, 0) is 0 Å². The molecule has 0 saturated heterocycles. The number of hydrogen-bond acceptors (Lipinski definition) is 5. The van der Waals surface area contributed by atoms with Crippen LogP contribution >= 0.6 is 23.4 Å². The average molecular weight is 316 g/mol. The van der Waals surface area contributed by atoms with Gasteiger partial charge in [-0.15, -0.1) is 0 Å². The fourth-order valence-electron chi connectivity index (χ4n) is 2.30. The number of aliphatic hydroxyl groups is 1. The Morgan fingerprint density at radius 1 is 1.45 bits per heavy atom. The van der Waals surface area contributed by atoms with Crippen molar-refractivity contribution in [1.82, 2.24) is 15.3 Å². The third kappa shape index (κ3) is 3.84. The number of aromatic nitrogens is 2. The van der Waals surface area contributed by atoms with Gasteiger partial charge in [0.05, 0.1) is 23.4 Å². The van der Waals surface area contributed by atoms with Crippen LogP contribution < -0.4 is 5.32 Å². The van der Waals surface area contributed by atoms with Gasteiger partial charge in [0, 0.05) is 0 Å². The topological polar surface area (TPSA) is 75.1 Å². The number of aliphatic hydroxyl groups excluding tert-OH is 1. The standard InChI is InChI=1S/C13H18ClN3O2S/c1-20-13-15-7-8(14)11(17-13)12(19)16-9-5-3-2-4-6-10(9)18/h7,9-10,18H,2-6H2,1H3,(H,16,19). The van der Waals surface area contributed by atoms with E-state index in [-0.39, 0.29) is 22.7 Å². The van der Waals surface area contributed by atoms with Gasteiger partial charge in [0.15, 0.2) is 10.9 Å². The van der Waals surface area contributed by atoms with Gasteiger partial charge in [0.25, 0.3) is 5.91 Å². The van der Waals surface area contributed by atoms with E-state index in [4.69, 9.17) is 11.6 Å². The monoisotopic (exact) mass is 315 g/mol. The number of nitrogens with zero attached hydrogens (tertiary/aromatic N) is 2. The Morgan fingerprint density at radius 3 is 2.95 bits per heavy atom. The molecule has 0 aromatic carbocycles. The summed E-state index contributed by atoms with van der Waals surface area (Å²) in [5.41, 5.74) is 0.169. The molecular formula is C13H18ClN3O2S. The van der Waals surface area contributed by atoms with Crippen molar-refractivity contribution >= 4 is 29.3 Å². The Kier molecular flexibility index (Phi) is 5.63. The fourth-order valence-corrected chi connectivity index (χ4v) is 2.82. The fraction of sp³-hybridized carbons (Fsp3) is 0.615. The molecule has 1 heterocycles. The second-order valence-electron chi connectivity index (χ2n) is 4.84. The number of halogens is 1. The lowest BCUT2D eigenvalue weighted by Gasteiger charge is -2.21. The summed E-state index contributed by atoms with van der Waals surface area (Å²) in [7, 11) is 0. The van der Waals surface area contributed by atoms with Crippen molar-refractivity contribution in [2.75, 3.05) is 6.26 Å². The van der Waals surface area contributed by atoms with E-state index in [1.54, 1.807) is 0 Å². The number of rotatable bonds is 3. The summed E-state index contributed by atoms with van der Waals surface area (Å²) in [5, 5.41) is 13.6. The van der Waals surface area contributed by atoms with Gasteiger partial charge in [0.2, 0.25) is 0 Å². The molecule has 2 N–H and O–H groups in total. The van der Waals surface area contributed by atoms with Crippen LogP contribution in [0.5, 0.6) is 0 Å². The highest BCUT2D eigenvalue weighted by atomic mass is 35.5. The molecule has 5 nitrogen and oxygen atoms in total. The lowest BCUT2D eigenvalue weighted by atomic mass is 10.1. The van der Waals surface area contributed by atoms with E-state index < -0.39 is 6.10 Å². The highest BCUT2D eigenvalue weighted by Crippen LogP contribution is 2.20. The van der Waals surface area contributed by atoms with Crippen LogP contribution in [0, 0.1) is 0 Å². The van der Waals surface area contributed by atoms with Crippen molar-refractivity contribution in [3.05, 3.63) is 16.9 Å². The molecule has 0 bridgehead atoms. The predicted molar refractivity (Wildman–Crippen MR) is 79.2 cm³/mol. The van der Waals surface area contributed by atoms with Gasteiger partial charge in [-0.2, -0.15) is 0 Å². The first kappa shape index (κ1) is 15.5. The van der Waals surface area contributed by atoms with Crippen LogP contribution in [0.1, 0.15) is 42.6 Å². The highest BCUT2D eigenvalue weighted by Gasteiger charge is 2.25. The van der Waals surface area contributed by atoms with Crippen molar-refractivity contribution in [1.29, 1.82) is 0 Å². The maximum Gasteiger partial charge on any atom is 0.271 e. The van der Waals surface area contributed by atoms with Gasteiger partial charge in [-0.1, -0.05) is 42.6 Å². The number of carbonyl (C=O) groups excluding carboxylic acids is 1. The van der Waals surface area contributed by atoms with Crippen LogP contribution in [0.4, 0.5) is 0 Å². The van der Waals surface area contributed by atoms with Crippen LogP contribution in [-0.4, -0.2) is 39.4 Å². The van der Waals surface area contributed by atoms with E-state index in [1.807, 2.05) is 6.26 Å². The number of thioether (sulfide) groups is 1. The first-order valence-corrected chi connectivity index (χ1v) is 8.27. The second-order valence-corrected chi connectivity index (χ2v) is 6.02. The molecule has 2 unspecified atom stereocenters. The summed E-state index contributed by atoms with van der Waals surface area (Å²) < 4.78 is 0. The Labute approximate surface area is 127 Å².